The summed E-state index contributed by atoms with van der Waals surface area (Å²) in [6, 6.07) is 7.05. The van der Waals surface area contributed by atoms with E-state index in [2.05, 4.69) is 15.5 Å². The normalized spacial score (nSPS) is 11.8. The molecule has 112 valence electrons. The predicted octanol–water partition coefficient (Wildman–Crippen LogP) is 2.67. The Labute approximate surface area is 130 Å². The Bertz CT molecular complexity index is 601. The van der Waals surface area contributed by atoms with Gasteiger partial charge < -0.3 is 9.47 Å². The number of hydrogen-bond donors (Lipinski definition) is 1. The predicted molar refractivity (Wildman–Crippen MR) is 83.4 cm³/mol. The van der Waals surface area contributed by atoms with Crippen molar-refractivity contribution in [2.75, 3.05) is 18.7 Å². The fourth-order valence-corrected chi connectivity index (χ4v) is 2.63. The number of carbonyl (C=O) groups is 1. The molecule has 1 heterocycles. The molecule has 0 aliphatic heterocycles. The smallest absolute Gasteiger partial charge is 0.266 e. The molecule has 0 aliphatic rings. The van der Waals surface area contributed by atoms with E-state index in [-0.39, 0.29) is 5.91 Å². The molecule has 0 bridgehead atoms. The van der Waals surface area contributed by atoms with Gasteiger partial charge >= 0.3 is 0 Å². The molecule has 21 heavy (non-hydrogen) atoms. The van der Waals surface area contributed by atoms with Crippen molar-refractivity contribution in [1.29, 1.82) is 0 Å². The fraction of sp³-hybridized carbons (Fsp3) is 0.308. The van der Waals surface area contributed by atoms with Crippen LogP contribution in [0.5, 0.6) is 11.5 Å². The van der Waals surface area contributed by atoms with Crippen LogP contribution in [-0.4, -0.2) is 35.6 Å². The Balaban J connectivity index is 1.92. The number of nitrogens with zero attached hydrogens (tertiary/aromatic N) is 2. The number of carbonyl (C=O) groups excluding carboxylic acids is 1. The first-order valence-electron chi connectivity index (χ1n) is 6.11. The molecule has 0 saturated carbocycles. The van der Waals surface area contributed by atoms with E-state index in [1.165, 1.54) is 23.1 Å². The van der Waals surface area contributed by atoms with E-state index < -0.39 is 6.10 Å². The van der Waals surface area contributed by atoms with Gasteiger partial charge in [-0.3, -0.25) is 10.1 Å². The van der Waals surface area contributed by atoms with E-state index in [9.17, 15) is 4.79 Å². The summed E-state index contributed by atoms with van der Waals surface area (Å²) in [6.45, 7) is 1.68. The number of methoxy groups -OCH3 is 1. The number of anilines is 1. The maximum atomic E-state index is 12.0. The minimum absolute atomic E-state index is 0.269. The van der Waals surface area contributed by atoms with E-state index >= 15 is 0 Å². The monoisotopic (exact) mass is 325 g/mol. The summed E-state index contributed by atoms with van der Waals surface area (Å²) in [5.41, 5.74) is 0. The third-order valence-electron chi connectivity index (χ3n) is 2.55. The van der Waals surface area contributed by atoms with Gasteiger partial charge in [0, 0.05) is 0 Å². The molecule has 0 saturated heterocycles. The maximum Gasteiger partial charge on any atom is 0.266 e. The second kappa shape index (κ2) is 7.28. The minimum Gasteiger partial charge on any atom is -0.497 e. The molecule has 8 heteroatoms. The van der Waals surface area contributed by atoms with Crippen molar-refractivity contribution in [1.82, 2.24) is 10.2 Å². The summed E-state index contributed by atoms with van der Waals surface area (Å²) >= 11 is 2.81. The Hall–Kier alpha value is -1.80. The van der Waals surface area contributed by atoms with Crippen LogP contribution in [0.25, 0.3) is 0 Å². The van der Waals surface area contributed by atoms with Gasteiger partial charge in [-0.2, -0.15) is 0 Å². The van der Waals surface area contributed by atoms with E-state index in [1.54, 1.807) is 38.3 Å². The van der Waals surface area contributed by atoms with Gasteiger partial charge in [0.05, 0.1) is 7.11 Å². The highest BCUT2D eigenvalue weighted by Crippen LogP contribution is 2.23. The van der Waals surface area contributed by atoms with Crippen LogP contribution in [0, 0.1) is 0 Å². The number of amides is 1. The van der Waals surface area contributed by atoms with Gasteiger partial charge in [0.15, 0.2) is 10.4 Å². The average Bonchev–Trinajstić information content (AvgIpc) is 2.95. The van der Waals surface area contributed by atoms with E-state index in [0.717, 1.165) is 10.1 Å². The van der Waals surface area contributed by atoms with Gasteiger partial charge in [0.1, 0.15) is 11.5 Å². The molecule has 2 rings (SSSR count). The van der Waals surface area contributed by atoms with Crippen LogP contribution in [0.2, 0.25) is 0 Å². The average molecular weight is 325 g/mol. The zero-order valence-corrected chi connectivity index (χ0v) is 13.5. The number of hydrogen-bond acceptors (Lipinski definition) is 7. The van der Waals surface area contributed by atoms with Crippen molar-refractivity contribution in [2.24, 2.45) is 0 Å². The van der Waals surface area contributed by atoms with Crippen LogP contribution in [0.3, 0.4) is 0 Å². The van der Waals surface area contributed by atoms with Gasteiger partial charge in [0.2, 0.25) is 5.13 Å². The molecule has 0 spiro atoms. The zero-order chi connectivity index (χ0) is 15.2. The van der Waals surface area contributed by atoms with E-state index in [1.807, 2.05) is 6.26 Å². The van der Waals surface area contributed by atoms with Crippen LogP contribution in [0.4, 0.5) is 5.13 Å². The summed E-state index contributed by atoms with van der Waals surface area (Å²) < 4.78 is 11.4. The molecule has 0 radical (unpaired) electrons. The van der Waals surface area contributed by atoms with Crippen LogP contribution in [0.1, 0.15) is 6.92 Å². The summed E-state index contributed by atoms with van der Waals surface area (Å²) in [4.78, 5) is 12.0. The molecule has 1 atom stereocenters. The highest BCUT2D eigenvalue weighted by atomic mass is 32.2. The highest BCUT2D eigenvalue weighted by molar-refractivity contribution is 8.00. The largest absolute Gasteiger partial charge is 0.497 e. The standard InChI is InChI=1S/C13H15N3O3S2/c1-8(19-10-6-4-9(18-2)5-7-10)11(17)14-12-15-16-13(20-3)21-12/h4-8H,1-3H3,(H,14,15,17). The topological polar surface area (TPSA) is 73.3 Å². The number of benzene rings is 1. The molecule has 0 fully saturated rings. The Morgan fingerprint density at radius 3 is 2.52 bits per heavy atom. The van der Waals surface area contributed by atoms with Crippen molar-refractivity contribution in [2.45, 2.75) is 17.4 Å². The van der Waals surface area contributed by atoms with Gasteiger partial charge in [-0.1, -0.05) is 23.1 Å². The lowest BCUT2D eigenvalue weighted by Crippen LogP contribution is -2.30. The zero-order valence-electron chi connectivity index (χ0n) is 11.8. The van der Waals surface area contributed by atoms with Gasteiger partial charge in [-0.15, -0.1) is 10.2 Å². The first-order valence-corrected chi connectivity index (χ1v) is 8.15. The lowest BCUT2D eigenvalue weighted by molar-refractivity contribution is -0.122. The van der Waals surface area contributed by atoms with Crippen LogP contribution in [0.15, 0.2) is 28.6 Å². The van der Waals surface area contributed by atoms with Crippen LogP contribution >= 0.6 is 23.1 Å². The molecule has 1 N–H and O–H groups in total. The summed E-state index contributed by atoms with van der Waals surface area (Å²) in [7, 11) is 1.59. The molecule has 2 aromatic rings. The SMILES string of the molecule is COc1ccc(OC(C)C(=O)Nc2nnc(SC)s2)cc1. The van der Waals surface area contributed by atoms with Crippen molar-refractivity contribution >= 4 is 34.1 Å². The number of nitrogens with one attached hydrogen (secondary N) is 1. The molecular weight excluding hydrogens is 310 g/mol. The molecule has 1 unspecified atom stereocenters. The second-order valence-electron chi connectivity index (χ2n) is 4.00. The molecule has 1 amide bonds. The first-order chi connectivity index (χ1) is 10.1. The number of aromatic nitrogens is 2. The van der Waals surface area contributed by atoms with E-state index in [4.69, 9.17) is 9.47 Å². The summed E-state index contributed by atoms with van der Waals surface area (Å²) in [6.07, 6.45) is 1.27. The molecule has 1 aromatic heterocycles. The number of ether oxygens (including phenoxy) is 2. The van der Waals surface area contributed by atoms with Crippen molar-refractivity contribution < 1.29 is 14.3 Å². The van der Waals surface area contributed by atoms with Gasteiger partial charge in [0.25, 0.3) is 5.91 Å². The summed E-state index contributed by atoms with van der Waals surface area (Å²) in [5, 5.41) is 10.9. The Kier molecular flexibility index (Phi) is 5.40. The highest BCUT2D eigenvalue weighted by Gasteiger charge is 2.17. The lowest BCUT2D eigenvalue weighted by atomic mass is 10.3. The van der Waals surface area contributed by atoms with Gasteiger partial charge in [-0.05, 0) is 37.4 Å². The molecule has 6 nitrogen and oxygen atoms in total. The van der Waals surface area contributed by atoms with Crippen molar-refractivity contribution in [3.05, 3.63) is 24.3 Å². The minimum atomic E-state index is -0.639. The van der Waals surface area contributed by atoms with E-state index in [0.29, 0.717) is 10.9 Å². The number of thioether (sulfide) groups is 1. The third-order valence-corrected chi connectivity index (χ3v) is 4.37. The fourth-order valence-electron chi connectivity index (χ4n) is 1.46. The first kappa shape index (κ1) is 15.6. The molecular formula is C13H15N3O3S2. The van der Waals surface area contributed by atoms with Crippen molar-refractivity contribution in [3.63, 3.8) is 0 Å². The van der Waals surface area contributed by atoms with Crippen LogP contribution < -0.4 is 14.8 Å². The Morgan fingerprint density at radius 1 is 1.29 bits per heavy atom. The molecule has 0 aliphatic carbocycles. The lowest BCUT2D eigenvalue weighted by Gasteiger charge is -2.13. The molecule has 1 aromatic carbocycles. The maximum absolute atomic E-state index is 12.0. The van der Waals surface area contributed by atoms with Crippen molar-refractivity contribution in [3.8, 4) is 11.5 Å². The van der Waals surface area contributed by atoms with Gasteiger partial charge in [-0.25, -0.2) is 0 Å². The second-order valence-corrected chi connectivity index (χ2v) is 6.03. The third kappa shape index (κ3) is 4.33. The quantitative estimate of drug-likeness (QED) is 0.650. The number of rotatable bonds is 6. The summed E-state index contributed by atoms with van der Waals surface area (Å²) in [5.74, 6) is 1.06. The van der Waals surface area contributed by atoms with Crippen LogP contribution in [-0.2, 0) is 4.79 Å². The Morgan fingerprint density at radius 2 is 1.95 bits per heavy atom.